The van der Waals surface area contributed by atoms with E-state index in [4.69, 9.17) is 22.8 Å². The highest BCUT2D eigenvalue weighted by Crippen LogP contribution is 2.32. The van der Waals surface area contributed by atoms with Crippen molar-refractivity contribution in [3.8, 4) is 12.3 Å². The number of benzene rings is 1. The number of hydrogen-bond acceptors (Lipinski definition) is 7. The summed E-state index contributed by atoms with van der Waals surface area (Å²) in [4.78, 5) is 29.8. The molecule has 0 spiro atoms. The molecule has 1 amide bonds. The zero-order valence-corrected chi connectivity index (χ0v) is 21.3. The minimum atomic E-state index is -3.89. The van der Waals surface area contributed by atoms with Crippen LogP contribution in [0.5, 0.6) is 0 Å². The van der Waals surface area contributed by atoms with Gasteiger partial charge in [0.15, 0.2) is 4.80 Å². The van der Waals surface area contributed by atoms with E-state index in [1.165, 1.54) is 34.9 Å². The molecule has 3 heterocycles. The van der Waals surface area contributed by atoms with Gasteiger partial charge in [0, 0.05) is 6.54 Å². The first kappa shape index (κ1) is 24.6. The van der Waals surface area contributed by atoms with E-state index in [1.807, 2.05) is 0 Å². The molecule has 1 saturated heterocycles. The second-order valence-electron chi connectivity index (χ2n) is 7.48. The Morgan fingerprint density at radius 1 is 1.26 bits per heavy atom. The summed E-state index contributed by atoms with van der Waals surface area (Å²) in [5.41, 5.74) is 1.07. The molecular weight excluding hydrogens is 518 g/mol. The van der Waals surface area contributed by atoms with Gasteiger partial charge in [0.1, 0.15) is 10.3 Å². The smallest absolute Gasteiger partial charge is 0.337 e. The number of methoxy groups -OCH3 is 1. The van der Waals surface area contributed by atoms with Gasteiger partial charge in [-0.15, -0.1) is 17.8 Å². The van der Waals surface area contributed by atoms with Crippen molar-refractivity contribution in [1.82, 2.24) is 8.87 Å². The van der Waals surface area contributed by atoms with Crippen LogP contribution >= 0.6 is 34.3 Å². The van der Waals surface area contributed by atoms with Crippen LogP contribution in [-0.4, -0.2) is 48.9 Å². The van der Waals surface area contributed by atoms with Crippen LogP contribution in [0.25, 0.3) is 10.2 Å². The van der Waals surface area contributed by atoms with Gasteiger partial charge in [-0.25, -0.2) is 13.2 Å². The van der Waals surface area contributed by atoms with Crippen molar-refractivity contribution in [3.63, 3.8) is 0 Å². The first-order valence-corrected chi connectivity index (χ1v) is 13.7. The summed E-state index contributed by atoms with van der Waals surface area (Å²) in [6.07, 6.45) is 7.26. The van der Waals surface area contributed by atoms with Crippen molar-refractivity contribution in [2.24, 2.45) is 4.99 Å². The number of thiazole rings is 1. The third-order valence-electron chi connectivity index (χ3n) is 5.41. The van der Waals surface area contributed by atoms with Gasteiger partial charge >= 0.3 is 5.97 Å². The number of sulfonamides is 1. The maximum absolute atomic E-state index is 13.3. The molecule has 0 bridgehead atoms. The number of amides is 1. The van der Waals surface area contributed by atoms with Crippen molar-refractivity contribution < 1.29 is 22.7 Å². The molecule has 8 nitrogen and oxygen atoms in total. The Hall–Kier alpha value is -2.49. The lowest BCUT2D eigenvalue weighted by Gasteiger charge is -2.31. The number of carbonyl (C=O) groups is 2. The Balaban J connectivity index is 1.75. The van der Waals surface area contributed by atoms with Crippen LogP contribution in [0.1, 0.15) is 29.6 Å². The fourth-order valence-electron chi connectivity index (χ4n) is 3.81. The van der Waals surface area contributed by atoms with Crippen LogP contribution in [0.15, 0.2) is 39.5 Å². The number of terminal acetylenes is 1. The molecule has 1 fully saturated rings. The highest BCUT2D eigenvalue weighted by atomic mass is 35.5. The number of aromatic nitrogens is 1. The zero-order chi connectivity index (χ0) is 24.5. The number of carbonyl (C=O) groups excluding carboxylic acids is 2. The van der Waals surface area contributed by atoms with Gasteiger partial charge in [0.2, 0.25) is 0 Å². The molecule has 12 heteroatoms. The number of esters is 1. The molecule has 2 aromatic heterocycles. The third kappa shape index (κ3) is 4.69. The van der Waals surface area contributed by atoms with Crippen LogP contribution < -0.4 is 4.80 Å². The van der Waals surface area contributed by atoms with E-state index < -0.39 is 27.9 Å². The highest BCUT2D eigenvalue weighted by Gasteiger charge is 2.38. The fraction of sp³-hybridized carbons (Fsp3) is 0.318. The number of hydrogen-bond donors (Lipinski definition) is 0. The molecule has 0 N–H and O–H groups in total. The second kappa shape index (κ2) is 10.0. The monoisotopic (exact) mass is 537 g/mol. The van der Waals surface area contributed by atoms with Gasteiger partial charge < -0.3 is 9.30 Å². The molecule has 0 aliphatic carbocycles. The molecule has 3 aromatic rings. The Morgan fingerprint density at radius 2 is 2.06 bits per heavy atom. The number of fused-ring (bicyclic) bond motifs is 1. The fourth-order valence-corrected chi connectivity index (χ4v) is 8.14. The van der Waals surface area contributed by atoms with Crippen molar-refractivity contribution in [3.05, 3.63) is 45.0 Å². The standard InChI is InChI=1S/C22H20ClN3O5S3/c1-3-11-25-15-8-7-14(21(28)31-2)13-17(15)32-22(25)24-20(27)16-6-4-5-12-26(16)34(29,30)19-10-9-18(23)33-19/h1,7-10,13,16H,4-6,11-12H2,2H3. The SMILES string of the molecule is C#CCn1c(=NC(=O)C2CCCCN2S(=O)(=O)c2ccc(Cl)s2)sc2cc(C(=O)OC)ccc21. The summed E-state index contributed by atoms with van der Waals surface area (Å²) in [5, 5.41) is 0. The lowest BCUT2D eigenvalue weighted by Crippen LogP contribution is -2.47. The number of rotatable bonds is 5. The molecule has 1 aromatic carbocycles. The normalized spacial score (nSPS) is 17.6. The van der Waals surface area contributed by atoms with E-state index in [1.54, 1.807) is 22.8 Å². The van der Waals surface area contributed by atoms with E-state index >= 15 is 0 Å². The van der Waals surface area contributed by atoms with Gasteiger partial charge in [-0.2, -0.15) is 9.30 Å². The minimum Gasteiger partial charge on any atom is -0.465 e. The quantitative estimate of drug-likeness (QED) is 0.366. The van der Waals surface area contributed by atoms with Crippen LogP contribution in [0.3, 0.4) is 0 Å². The highest BCUT2D eigenvalue weighted by molar-refractivity contribution is 7.91. The summed E-state index contributed by atoms with van der Waals surface area (Å²) in [6.45, 7) is 0.382. The molecule has 1 aliphatic rings. The maximum atomic E-state index is 13.3. The summed E-state index contributed by atoms with van der Waals surface area (Å²) in [5.74, 6) is 1.51. The van der Waals surface area contributed by atoms with E-state index in [-0.39, 0.29) is 17.3 Å². The Labute approximate surface area is 209 Å². The molecule has 178 valence electrons. The summed E-state index contributed by atoms with van der Waals surface area (Å²) < 4.78 is 35.3. The number of nitrogens with zero attached hydrogens (tertiary/aromatic N) is 3. The van der Waals surface area contributed by atoms with Gasteiger partial charge in [-0.05, 0) is 43.2 Å². The topological polar surface area (TPSA) is 98.0 Å². The second-order valence-corrected chi connectivity index (χ2v) is 12.3. The maximum Gasteiger partial charge on any atom is 0.337 e. The number of thiophene rings is 1. The number of piperidine rings is 1. The molecule has 34 heavy (non-hydrogen) atoms. The first-order valence-electron chi connectivity index (χ1n) is 10.3. The number of halogens is 1. The van der Waals surface area contributed by atoms with Crippen LogP contribution in [0.4, 0.5) is 0 Å². The molecular formula is C22H20ClN3O5S3. The molecule has 0 saturated carbocycles. The van der Waals surface area contributed by atoms with E-state index in [0.717, 1.165) is 11.3 Å². The van der Waals surface area contributed by atoms with Crippen LogP contribution in [0, 0.1) is 12.3 Å². The average Bonchev–Trinajstić information content (AvgIpc) is 3.42. The van der Waals surface area contributed by atoms with Crippen molar-refractivity contribution in [2.45, 2.75) is 36.1 Å². The Morgan fingerprint density at radius 3 is 2.74 bits per heavy atom. The minimum absolute atomic E-state index is 0.0943. The summed E-state index contributed by atoms with van der Waals surface area (Å²) in [6, 6.07) is 7.03. The predicted molar refractivity (Wildman–Crippen MR) is 131 cm³/mol. The van der Waals surface area contributed by atoms with E-state index in [9.17, 15) is 18.0 Å². The van der Waals surface area contributed by atoms with Crippen LogP contribution in [0.2, 0.25) is 4.34 Å². The van der Waals surface area contributed by atoms with E-state index in [2.05, 4.69) is 10.9 Å². The van der Waals surface area contributed by atoms with E-state index in [0.29, 0.717) is 44.2 Å². The molecule has 4 rings (SSSR count). The van der Waals surface area contributed by atoms with Crippen molar-refractivity contribution in [2.75, 3.05) is 13.7 Å². The third-order valence-corrected chi connectivity index (χ3v) is 10.1. The van der Waals surface area contributed by atoms with Crippen molar-refractivity contribution in [1.29, 1.82) is 0 Å². The lowest BCUT2D eigenvalue weighted by molar-refractivity contribution is -0.122. The molecule has 1 atom stereocenters. The zero-order valence-electron chi connectivity index (χ0n) is 18.1. The van der Waals surface area contributed by atoms with Crippen LogP contribution in [-0.2, 0) is 26.1 Å². The molecule has 1 unspecified atom stereocenters. The molecule has 1 aliphatic heterocycles. The Bertz CT molecular complexity index is 1480. The van der Waals surface area contributed by atoms with Gasteiger partial charge in [0.05, 0.1) is 33.8 Å². The summed E-state index contributed by atoms with van der Waals surface area (Å²) in [7, 11) is -2.59. The van der Waals surface area contributed by atoms with Gasteiger partial charge in [-0.3, -0.25) is 4.79 Å². The van der Waals surface area contributed by atoms with Crippen molar-refractivity contribution >= 4 is 66.4 Å². The Kier molecular flexibility index (Phi) is 7.25. The summed E-state index contributed by atoms with van der Waals surface area (Å²) >= 11 is 8.09. The van der Waals surface area contributed by atoms with Gasteiger partial charge in [0.25, 0.3) is 15.9 Å². The average molecular weight is 538 g/mol. The van der Waals surface area contributed by atoms with Gasteiger partial charge in [-0.1, -0.05) is 35.3 Å². The first-order chi connectivity index (χ1) is 16.3. The molecule has 0 radical (unpaired) electrons. The predicted octanol–water partition coefficient (Wildman–Crippen LogP) is 3.51. The number of ether oxygens (including phenoxy) is 1. The lowest BCUT2D eigenvalue weighted by atomic mass is 10.0. The largest absolute Gasteiger partial charge is 0.465 e.